The van der Waals surface area contributed by atoms with Crippen LogP contribution in [0.1, 0.15) is 28.7 Å². The fraction of sp³-hybridized carbons (Fsp3) is 0.231. The molecule has 3 rings (SSSR count). The number of aromatic nitrogens is 3. The Morgan fingerprint density at radius 1 is 1.50 bits per heavy atom. The van der Waals surface area contributed by atoms with E-state index in [0.717, 1.165) is 17.5 Å². The van der Waals surface area contributed by atoms with Crippen LogP contribution in [0.25, 0.3) is 16.8 Å². The molecular formula is C13H13N3O2. The number of benzene rings is 1. The molecule has 0 spiro atoms. The zero-order valence-corrected chi connectivity index (χ0v) is 10.2. The van der Waals surface area contributed by atoms with Crippen LogP contribution in [0.5, 0.6) is 0 Å². The van der Waals surface area contributed by atoms with E-state index in [-0.39, 0.29) is 5.69 Å². The minimum atomic E-state index is -0.947. The lowest BCUT2D eigenvalue weighted by molar-refractivity contribution is 0.0689. The summed E-state index contributed by atoms with van der Waals surface area (Å²) >= 11 is 0. The SMILES string of the molecule is CCc1ccc2c(c1)nc1[nH]c(C)c(C(=O)O)n12. The third kappa shape index (κ3) is 1.33. The van der Waals surface area contributed by atoms with Gasteiger partial charge in [0.15, 0.2) is 5.69 Å². The number of carboxylic acids is 1. The van der Waals surface area contributed by atoms with Crippen molar-refractivity contribution in [3.63, 3.8) is 0 Å². The van der Waals surface area contributed by atoms with Gasteiger partial charge in [-0.05, 0) is 31.0 Å². The summed E-state index contributed by atoms with van der Waals surface area (Å²) in [5.74, 6) is -0.370. The van der Waals surface area contributed by atoms with Gasteiger partial charge in [0.2, 0.25) is 5.78 Å². The van der Waals surface area contributed by atoms with Gasteiger partial charge < -0.3 is 10.1 Å². The lowest BCUT2D eigenvalue weighted by atomic mass is 10.1. The number of carbonyl (C=O) groups is 1. The molecule has 0 saturated carbocycles. The average molecular weight is 243 g/mol. The second kappa shape index (κ2) is 3.60. The highest BCUT2D eigenvalue weighted by molar-refractivity contribution is 5.92. The van der Waals surface area contributed by atoms with Crippen molar-refractivity contribution >= 4 is 22.8 Å². The summed E-state index contributed by atoms with van der Waals surface area (Å²) in [6, 6.07) is 5.93. The van der Waals surface area contributed by atoms with Crippen LogP contribution in [0, 0.1) is 6.92 Å². The van der Waals surface area contributed by atoms with Crippen LogP contribution in [0.3, 0.4) is 0 Å². The standard InChI is InChI=1S/C13H13N3O2/c1-3-8-4-5-10-9(6-8)15-13-14-7(2)11(12(17)18)16(10)13/h4-6H,3H2,1-2H3,(H,14,15)(H,17,18). The third-order valence-corrected chi connectivity index (χ3v) is 3.21. The number of aromatic amines is 1. The largest absolute Gasteiger partial charge is 0.477 e. The molecule has 0 bridgehead atoms. The van der Waals surface area contributed by atoms with Gasteiger partial charge in [-0.25, -0.2) is 9.78 Å². The van der Waals surface area contributed by atoms with Crippen LogP contribution >= 0.6 is 0 Å². The number of fused-ring (bicyclic) bond motifs is 3. The number of aromatic carboxylic acids is 1. The smallest absolute Gasteiger partial charge is 0.354 e. The van der Waals surface area contributed by atoms with E-state index in [0.29, 0.717) is 11.5 Å². The first-order chi connectivity index (χ1) is 8.61. The molecule has 2 N–H and O–H groups in total. The summed E-state index contributed by atoms with van der Waals surface area (Å²) in [5.41, 5.74) is 3.70. The molecule has 0 saturated heterocycles. The first-order valence-corrected chi connectivity index (χ1v) is 5.84. The number of nitrogens with zero attached hydrogens (tertiary/aromatic N) is 2. The van der Waals surface area contributed by atoms with E-state index < -0.39 is 5.97 Å². The highest BCUT2D eigenvalue weighted by atomic mass is 16.4. The van der Waals surface area contributed by atoms with Crippen molar-refractivity contribution in [3.8, 4) is 0 Å². The zero-order chi connectivity index (χ0) is 12.9. The topological polar surface area (TPSA) is 70.4 Å². The van der Waals surface area contributed by atoms with Gasteiger partial charge in [0.25, 0.3) is 0 Å². The molecule has 3 aromatic rings. The van der Waals surface area contributed by atoms with Crippen LogP contribution in [0.2, 0.25) is 0 Å². The number of H-pyrrole nitrogens is 1. The number of nitrogens with one attached hydrogen (secondary N) is 1. The molecule has 0 atom stereocenters. The van der Waals surface area contributed by atoms with Crippen LogP contribution in [0.4, 0.5) is 0 Å². The minimum absolute atomic E-state index is 0.247. The van der Waals surface area contributed by atoms with Crippen molar-refractivity contribution in [2.75, 3.05) is 0 Å². The van der Waals surface area contributed by atoms with Crippen molar-refractivity contribution in [1.82, 2.24) is 14.4 Å². The van der Waals surface area contributed by atoms with E-state index >= 15 is 0 Å². The maximum Gasteiger partial charge on any atom is 0.354 e. The van der Waals surface area contributed by atoms with Gasteiger partial charge in [-0.2, -0.15) is 0 Å². The Kier molecular flexibility index (Phi) is 2.16. The molecule has 0 aliphatic heterocycles. The van der Waals surface area contributed by atoms with E-state index in [2.05, 4.69) is 16.9 Å². The van der Waals surface area contributed by atoms with Gasteiger partial charge in [-0.3, -0.25) is 4.40 Å². The molecule has 0 aliphatic rings. The van der Waals surface area contributed by atoms with Gasteiger partial charge in [-0.15, -0.1) is 0 Å². The molecule has 1 aromatic carbocycles. The fourth-order valence-electron chi connectivity index (χ4n) is 2.31. The van der Waals surface area contributed by atoms with Crippen LogP contribution in [-0.4, -0.2) is 25.4 Å². The minimum Gasteiger partial charge on any atom is -0.477 e. The van der Waals surface area contributed by atoms with Gasteiger partial charge in [-0.1, -0.05) is 13.0 Å². The third-order valence-electron chi connectivity index (χ3n) is 3.21. The van der Waals surface area contributed by atoms with E-state index in [4.69, 9.17) is 0 Å². The van der Waals surface area contributed by atoms with Crippen LogP contribution in [0.15, 0.2) is 18.2 Å². The Labute approximate surface area is 103 Å². The summed E-state index contributed by atoms with van der Waals surface area (Å²) in [4.78, 5) is 18.7. The highest BCUT2D eigenvalue weighted by Gasteiger charge is 2.18. The van der Waals surface area contributed by atoms with Gasteiger partial charge in [0.1, 0.15) is 0 Å². The van der Waals surface area contributed by atoms with Crippen molar-refractivity contribution in [1.29, 1.82) is 0 Å². The van der Waals surface area contributed by atoms with Gasteiger partial charge in [0.05, 0.1) is 11.0 Å². The maximum absolute atomic E-state index is 11.3. The van der Waals surface area contributed by atoms with E-state index in [1.54, 1.807) is 11.3 Å². The second-order valence-electron chi connectivity index (χ2n) is 4.35. The fourth-order valence-corrected chi connectivity index (χ4v) is 2.31. The molecule has 0 amide bonds. The lowest BCUT2D eigenvalue weighted by Crippen LogP contribution is -2.03. The molecule has 2 aromatic heterocycles. The zero-order valence-electron chi connectivity index (χ0n) is 10.2. The quantitative estimate of drug-likeness (QED) is 0.726. The Balaban J connectivity index is 2.43. The summed E-state index contributed by atoms with van der Waals surface area (Å²) in [6.45, 7) is 3.82. The normalized spacial score (nSPS) is 11.4. The Hall–Kier alpha value is -2.30. The van der Waals surface area contributed by atoms with Crippen molar-refractivity contribution in [2.45, 2.75) is 20.3 Å². The first kappa shape index (κ1) is 10.8. The highest BCUT2D eigenvalue weighted by Crippen LogP contribution is 2.22. The molecule has 5 heteroatoms. The molecule has 2 heterocycles. The maximum atomic E-state index is 11.3. The molecule has 0 fully saturated rings. The Morgan fingerprint density at radius 2 is 2.28 bits per heavy atom. The summed E-state index contributed by atoms with van der Waals surface area (Å²) in [6.07, 6.45) is 0.937. The molecule has 0 unspecified atom stereocenters. The summed E-state index contributed by atoms with van der Waals surface area (Å²) < 4.78 is 1.66. The molecular weight excluding hydrogens is 230 g/mol. The van der Waals surface area contributed by atoms with E-state index in [1.165, 1.54) is 5.56 Å². The molecule has 18 heavy (non-hydrogen) atoms. The lowest BCUT2D eigenvalue weighted by Gasteiger charge is -1.98. The molecule has 92 valence electrons. The molecule has 0 radical (unpaired) electrons. The van der Waals surface area contributed by atoms with Crippen LogP contribution < -0.4 is 0 Å². The number of hydrogen-bond acceptors (Lipinski definition) is 2. The summed E-state index contributed by atoms with van der Waals surface area (Å²) in [5, 5.41) is 9.26. The van der Waals surface area contributed by atoms with E-state index in [1.807, 2.05) is 18.2 Å². The molecule has 0 aliphatic carbocycles. The number of aryl methyl sites for hydroxylation is 2. The van der Waals surface area contributed by atoms with Crippen molar-refractivity contribution in [2.24, 2.45) is 0 Å². The Bertz CT molecular complexity index is 767. The number of rotatable bonds is 2. The Morgan fingerprint density at radius 3 is 2.94 bits per heavy atom. The van der Waals surface area contributed by atoms with Gasteiger partial charge in [0, 0.05) is 5.69 Å². The number of imidazole rings is 2. The van der Waals surface area contributed by atoms with E-state index in [9.17, 15) is 9.90 Å². The second-order valence-corrected chi connectivity index (χ2v) is 4.35. The predicted molar refractivity (Wildman–Crippen MR) is 68.1 cm³/mol. The van der Waals surface area contributed by atoms with Crippen LogP contribution in [-0.2, 0) is 6.42 Å². The predicted octanol–water partition coefficient (Wildman–Crippen LogP) is 2.38. The monoisotopic (exact) mass is 243 g/mol. The van der Waals surface area contributed by atoms with Crippen molar-refractivity contribution in [3.05, 3.63) is 35.2 Å². The number of hydrogen-bond donors (Lipinski definition) is 2. The summed E-state index contributed by atoms with van der Waals surface area (Å²) in [7, 11) is 0. The number of carboxylic acid groups (broad SMARTS) is 1. The van der Waals surface area contributed by atoms with Gasteiger partial charge >= 0.3 is 5.97 Å². The molecule has 5 nitrogen and oxygen atoms in total. The first-order valence-electron chi connectivity index (χ1n) is 5.84. The average Bonchev–Trinajstić information content (AvgIpc) is 2.81. The van der Waals surface area contributed by atoms with Crippen molar-refractivity contribution < 1.29 is 9.90 Å².